The largest absolute Gasteiger partial charge is 0.377 e. The zero-order valence-corrected chi connectivity index (χ0v) is 17.2. The highest BCUT2D eigenvalue weighted by Crippen LogP contribution is 2.52. The van der Waals surface area contributed by atoms with E-state index in [4.69, 9.17) is 4.74 Å². The van der Waals surface area contributed by atoms with Crippen molar-refractivity contribution in [2.24, 2.45) is 16.3 Å². The van der Waals surface area contributed by atoms with E-state index in [1.165, 1.54) is 0 Å². The summed E-state index contributed by atoms with van der Waals surface area (Å²) in [7, 11) is -2.88. The normalized spacial score (nSPS) is 37.4. The molecule has 0 aromatic rings. The lowest BCUT2D eigenvalue weighted by Gasteiger charge is -2.55. The van der Waals surface area contributed by atoms with Crippen molar-refractivity contribution in [2.75, 3.05) is 24.7 Å². The Bertz CT molecular complexity index is 564. The number of rotatable bonds is 3. The lowest BCUT2D eigenvalue weighted by atomic mass is 9.57. The van der Waals surface area contributed by atoms with E-state index in [1.807, 2.05) is 6.92 Å². The maximum absolute atomic E-state index is 11.6. The quantitative estimate of drug-likeness (QED) is 0.378. The van der Waals surface area contributed by atoms with Crippen LogP contribution in [0.5, 0.6) is 0 Å². The SMILES string of the molecule is CCN=C(NC1CCS(=O)(=O)C1)NC1C2CCOC2C1(C)C.I. The van der Waals surface area contributed by atoms with Crippen LogP contribution >= 0.6 is 24.0 Å². The van der Waals surface area contributed by atoms with E-state index < -0.39 is 9.84 Å². The highest BCUT2D eigenvalue weighted by molar-refractivity contribution is 14.0. The van der Waals surface area contributed by atoms with E-state index in [0.717, 1.165) is 19.0 Å². The number of aliphatic imine (C=N–C) groups is 1. The van der Waals surface area contributed by atoms with Crippen molar-refractivity contribution >= 4 is 39.8 Å². The molecule has 0 aromatic carbocycles. The third-order valence-corrected chi connectivity index (χ3v) is 7.05. The van der Waals surface area contributed by atoms with Crippen molar-refractivity contribution in [1.29, 1.82) is 0 Å². The Morgan fingerprint density at radius 1 is 1.30 bits per heavy atom. The molecule has 6 nitrogen and oxygen atoms in total. The van der Waals surface area contributed by atoms with Gasteiger partial charge in [-0.15, -0.1) is 24.0 Å². The van der Waals surface area contributed by atoms with Crippen LogP contribution in [0, 0.1) is 11.3 Å². The van der Waals surface area contributed by atoms with Crippen LogP contribution in [0.2, 0.25) is 0 Å². The first-order valence-electron chi connectivity index (χ1n) is 8.23. The fourth-order valence-electron chi connectivity index (χ4n) is 4.16. The van der Waals surface area contributed by atoms with Crippen molar-refractivity contribution in [2.45, 2.75) is 51.8 Å². The third kappa shape index (κ3) is 3.78. The number of ether oxygens (including phenoxy) is 1. The van der Waals surface area contributed by atoms with Crippen LogP contribution in [0.25, 0.3) is 0 Å². The van der Waals surface area contributed by atoms with Gasteiger partial charge in [-0.2, -0.15) is 0 Å². The van der Waals surface area contributed by atoms with Crippen molar-refractivity contribution in [3.8, 4) is 0 Å². The predicted molar refractivity (Wildman–Crippen MR) is 102 cm³/mol. The Morgan fingerprint density at radius 2 is 2.04 bits per heavy atom. The Morgan fingerprint density at radius 3 is 2.65 bits per heavy atom. The number of fused-ring (bicyclic) bond motifs is 1. The zero-order valence-electron chi connectivity index (χ0n) is 14.0. The molecule has 0 bridgehead atoms. The zero-order chi connectivity index (χ0) is 16.0. The summed E-state index contributed by atoms with van der Waals surface area (Å²) in [4.78, 5) is 4.50. The summed E-state index contributed by atoms with van der Waals surface area (Å²) >= 11 is 0. The van der Waals surface area contributed by atoms with Crippen molar-refractivity contribution in [1.82, 2.24) is 10.6 Å². The molecule has 3 aliphatic rings. The smallest absolute Gasteiger partial charge is 0.191 e. The van der Waals surface area contributed by atoms with E-state index in [9.17, 15) is 8.42 Å². The minimum Gasteiger partial charge on any atom is -0.377 e. The molecule has 0 radical (unpaired) electrons. The summed E-state index contributed by atoms with van der Waals surface area (Å²) in [5, 5.41) is 6.84. The summed E-state index contributed by atoms with van der Waals surface area (Å²) in [5.41, 5.74) is 0.0825. The van der Waals surface area contributed by atoms with Crippen molar-refractivity contribution in [3.05, 3.63) is 0 Å². The van der Waals surface area contributed by atoms with Crippen LogP contribution in [-0.4, -0.2) is 57.2 Å². The number of nitrogens with one attached hydrogen (secondary N) is 2. The van der Waals surface area contributed by atoms with E-state index in [-0.39, 0.29) is 46.9 Å². The van der Waals surface area contributed by atoms with Gasteiger partial charge in [-0.25, -0.2) is 8.42 Å². The van der Waals surface area contributed by atoms with Crippen molar-refractivity contribution < 1.29 is 13.2 Å². The molecule has 2 aliphatic heterocycles. The first-order valence-corrected chi connectivity index (χ1v) is 10.0. The molecular formula is C15H28IN3O3S. The highest BCUT2D eigenvalue weighted by atomic mass is 127. The lowest BCUT2D eigenvalue weighted by Crippen LogP contribution is -2.68. The topological polar surface area (TPSA) is 79.8 Å². The maximum atomic E-state index is 11.6. The van der Waals surface area contributed by atoms with E-state index in [0.29, 0.717) is 31.0 Å². The summed E-state index contributed by atoms with van der Waals surface area (Å²) in [6.45, 7) is 7.95. The fourth-order valence-corrected chi connectivity index (χ4v) is 5.83. The van der Waals surface area contributed by atoms with E-state index in [1.54, 1.807) is 0 Å². The first-order chi connectivity index (χ1) is 10.3. The predicted octanol–water partition coefficient (Wildman–Crippen LogP) is 1.16. The summed E-state index contributed by atoms with van der Waals surface area (Å²) in [5.74, 6) is 1.76. The van der Waals surface area contributed by atoms with Crippen LogP contribution in [0.15, 0.2) is 4.99 Å². The van der Waals surface area contributed by atoms with Gasteiger partial charge >= 0.3 is 0 Å². The lowest BCUT2D eigenvalue weighted by molar-refractivity contribution is -0.106. The van der Waals surface area contributed by atoms with Gasteiger partial charge in [0, 0.05) is 36.6 Å². The minimum atomic E-state index is -2.88. The van der Waals surface area contributed by atoms with Gasteiger partial charge in [0.05, 0.1) is 17.6 Å². The molecule has 0 aromatic heterocycles. The van der Waals surface area contributed by atoms with Crippen LogP contribution in [0.1, 0.15) is 33.6 Å². The average Bonchev–Trinajstić information content (AvgIpc) is 3.01. The number of nitrogens with zero attached hydrogens (tertiary/aromatic N) is 1. The summed E-state index contributed by atoms with van der Waals surface area (Å²) in [6.07, 6.45) is 2.08. The number of sulfone groups is 1. The second-order valence-corrected chi connectivity index (χ2v) is 9.48. The van der Waals surface area contributed by atoms with Gasteiger partial charge in [-0.05, 0) is 19.8 Å². The third-order valence-electron chi connectivity index (χ3n) is 5.28. The first kappa shape index (κ1) is 19.2. The number of guanidine groups is 1. The standard InChI is InChI=1S/C15H27N3O3S.HI/c1-4-16-14(17-10-6-8-22(19,20)9-10)18-12-11-5-7-21-13(11)15(12,2)3;/h10-13H,4-9H2,1-3H3,(H2,16,17,18);1H. The molecule has 3 fully saturated rings. The van der Waals surface area contributed by atoms with Gasteiger partial charge in [-0.3, -0.25) is 4.99 Å². The molecule has 23 heavy (non-hydrogen) atoms. The summed E-state index contributed by atoms with van der Waals surface area (Å²) < 4.78 is 29.0. The highest BCUT2D eigenvalue weighted by Gasteiger charge is 2.59. The Balaban J connectivity index is 0.00000192. The summed E-state index contributed by atoms with van der Waals surface area (Å²) in [6, 6.07) is 0.303. The van der Waals surface area contributed by atoms with Crippen molar-refractivity contribution in [3.63, 3.8) is 0 Å². The molecule has 0 amide bonds. The van der Waals surface area contributed by atoms with Crippen LogP contribution in [0.3, 0.4) is 0 Å². The molecule has 4 unspecified atom stereocenters. The molecule has 1 saturated carbocycles. The molecule has 8 heteroatoms. The molecule has 134 valence electrons. The second kappa shape index (κ2) is 7.03. The number of hydrogen-bond acceptors (Lipinski definition) is 4. The fraction of sp³-hybridized carbons (Fsp3) is 0.933. The van der Waals surface area contributed by atoms with Gasteiger partial charge in [-0.1, -0.05) is 13.8 Å². The van der Waals surface area contributed by atoms with Gasteiger partial charge < -0.3 is 15.4 Å². The average molecular weight is 457 g/mol. The Kier molecular flexibility index (Phi) is 5.88. The van der Waals surface area contributed by atoms with Crippen LogP contribution in [0.4, 0.5) is 0 Å². The molecule has 1 aliphatic carbocycles. The monoisotopic (exact) mass is 457 g/mol. The van der Waals surface area contributed by atoms with Gasteiger partial charge in [0.1, 0.15) is 0 Å². The molecule has 2 saturated heterocycles. The van der Waals surface area contributed by atoms with Gasteiger partial charge in [0.15, 0.2) is 15.8 Å². The van der Waals surface area contributed by atoms with E-state index >= 15 is 0 Å². The van der Waals surface area contributed by atoms with Gasteiger partial charge in [0.25, 0.3) is 0 Å². The van der Waals surface area contributed by atoms with Crippen LogP contribution in [-0.2, 0) is 14.6 Å². The maximum Gasteiger partial charge on any atom is 0.191 e. The van der Waals surface area contributed by atoms with Crippen LogP contribution < -0.4 is 10.6 Å². The van der Waals surface area contributed by atoms with E-state index in [2.05, 4.69) is 29.5 Å². The second-order valence-electron chi connectivity index (χ2n) is 7.25. The Hall–Kier alpha value is -0.0900. The molecule has 3 rings (SSSR count). The molecule has 2 N–H and O–H groups in total. The molecular weight excluding hydrogens is 429 g/mol. The minimum absolute atomic E-state index is 0. The van der Waals surface area contributed by atoms with Gasteiger partial charge in [0.2, 0.25) is 0 Å². The molecule has 2 heterocycles. The number of hydrogen-bond donors (Lipinski definition) is 2. The molecule has 4 atom stereocenters. The molecule has 0 spiro atoms. The Labute approximate surface area is 156 Å². The number of halogens is 1.